The molecule has 1 aromatic heterocycles. The van der Waals surface area contributed by atoms with Crippen LogP contribution in [0.25, 0.3) is 11.3 Å². The van der Waals surface area contributed by atoms with Gasteiger partial charge in [-0.2, -0.15) is 5.10 Å². The van der Waals surface area contributed by atoms with Crippen molar-refractivity contribution in [2.24, 2.45) is 0 Å². The van der Waals surface area contributed by atoms with Crippen LogP contribution >= 0.6 is 0 Å². The number of methoxy groups -OCH3 is 1. The number of nitrogens with zero attached hydrogens (tertiary/aromatic N) is 2. The molecule has 1 heterocycles. The van der Waals surface area contributed by atoms with Crippen molar-refractivity contribution in [1.82, 2.24) is 14.5 Å². The lowest BCUT2D eigenvalue weighted by Crippen LogP contribution is -2.32. The van der Waals surface area contributed by atoms with Crippen molar-refractivity contribution in [2.75, 3.05) is 13.7 Å². The van der Waals surface area contributed by atoms with Crippen LogP contribution in [0, 0.1) is 5.82 Å². The molecule has 3 rings (SSSR count). The first-order valence-electron chi connectivity index (χ1n) is 8.37. The molecule has 0 aliphatic heterocycles. The summed E-state index contributed by atoms with van der Waals surface area (Å²) in [6.07, 6.45) is 0. The lowest BCUT2D eigenvalue weighted by atomic mass is 10.1. The first-order chi connectivity index (χ1) is 13.4. The summed E-state index contributed by atoms with van der Waals surface area (Å²) in [5.74, 6) is -0.147. The van der Waals surface area contributed by atoms with E-state index in [9.17, 15) is 17.6 Å². The van der Waals surface area contributed by atoms with Gasteiger partial charge in [0.2, 0.25) is 10.0 Å². The van der Waals surface area contributed by atoms with Crippen LogP contribution in [0.4, 0.5) is 4.39 Å². The SMILES string of the molecule is COc1ccc(-c2ccc(=O)n(CCNS(=O)(=O)c3ccccc3F)n2)cc1. The number of aromatic nitrogens is 2. The molecule has 2 aromatic carbocycles. The molecule has 9 heteroatoms. The predicted molar refractivity (Wildman–Crippen MR) is 102 cm³/mol. The molecule has 0 bridgehead atoms. The zero-order chi connectivity index (χ0) is 20.1. The highest BCUT2D eigenvalue weighted by molar-refractivity contribution is 7.89. The van der Waals surface area contributed by atoms with Crippen LogP contribution in [0.15, 0.2) is 70.4 Å². The zero-order valence-electron chi connectivity index (χ0n) is 15.0. The number of hydrogen-bond acceptors (Lipinski definition) is 5. The van der Waals surface area contributed by atoms with E-state index in [2.05, 4.69) is 9.82 Å². The van der Waals surface area contributed by atoms with Crippen molar-refractivity contribution in [1.29, 1.82) is 0 Å². The Morgan fingerprint density at radius 2 is 1.79 bits per heavy atom. The van der Waals surface area contributed by atoms with Crippen molar-refractivity contribution >= 4 is 10.0 Å². The molecule has 0 aliphatic carbocycles. The fourth-order valence-corrected chi connectivity index (χ4v) is 3.65. The molecule has 0 amide bonds. The van der Waals surface area contributed by atoms with E-state index in [0.29, 0.717) is 11.4 Å². The van der Waals surface area contributed by atoms with Gasteiger partial charge in [0.15, 0.2) is 0 Å². The minimum Gasteiger partial charge on any atom is -0.497 e. The number of hydrogen-bond donors (Lipinski definition) is 1. The van der Waals surface area contributed by atoms with Gasteiger partial charge in [-0.1, -0.05) is 12.1 Å². The third kappa shape index (κ3) is 4.44. The van der Waals surface area contributed by atoms with Gasteiger partial charge in [0.05, 0.1) is 19.3 Å². The highest BCUT2D eigenvalue weighted by Gasteiger charge is 2.17. The molecular formula is C19H18FN3O4S. The second-order valence-corrected chi connectivity index (χ2v) is 7.57. The van der Waals surface area contributed by atoms with Crippen molar-refractivity contribution < 1.29 is 17.5 Å². The average molecular weight is 403 g/mol. The zero-order valence-corrected chi connectivity index (χ0v) is 15.8. The Bertz CT molecular complexity index is 1130. The van der Waals surface area contributed by atoms with E-state index in [0.717, 1.165) is 16.3 Å². The monoisotopic (exact) mass is 403 g/mol. The first kappa shape index (κ1) is 19.7. The summed E-state index contributed by atoms with van der Waals surface area (Å²) in [4.78, 5) is 11.6. The fourth-order valence-electron chi connectivity index (χ4n) is 2.55. The van der Waals surface area contributed by atoms with E-state index in [1.54, 1.807) is 37.4 Å². The number of ether oxygens (including phenoxy) is 1. The summed E-state index contributed by atoms with van der Waals surface area (Å²) in [6.45, 7) is -0.119. The largest absolute Gasteiger partial charge is 0.497 e. The van der Waals surface area contributed by atoms with Crippen LogP contribution in [-0.4, -0.2) is 31.9 Å². The van der Waals surface area contributed by atoms with Gasteiger partial charge >= 0.3 is 0 Å². The minimum absolute atomic E-state index is 0.00346. The third-order valence-electron chi connectivity index (χ3n) is 3.99. The highest BCUT2D eigenvalue weighted by atomic mass is 32.2. The van der Waals surface area contributed by atoms with Crippen molar-refractivity contribution in [3.05, 3.63) is 76.8 Å². The number of sulfonamides is 1. The van der Waals surface area contributed by atoms with Crippen LogP contribution < -0.4 is 15.0 Å². The predicted octanol–water partition coefficient (Wildman–Crippen LogP) is 2.04. The standard InChI is InChI=1S/C19H18FN3O4S/c1-27-15-8-6-14(7-9-15)17-10-11-19(24)23(22-17)13-12-21-28(25,26)18-5-3-2-4-16(18)20/h2-11,21H,12-13H2,1H3. The molecule has 0 saturated carbocycles. The fraction of sp³-hybridized carbons (Fsp3) is 0.158. The summed E-state index contributed by atoms with van der Waals surface area (Å²) in [6, 6.07) is 15.2. The van der Waals surface area contributed by atoms with E-state index < -0.39 is 20.7 Å². The molecule has 0 spiro atoms. The maximum Gasteiger partial charge on any atom is 0.266 e. The molecule has 0 atom stereocenters. The van der Waals surface area contributed by atoms with Gasteiger partial charge in [-0.3, -0.25) is 4.79 Å². The molecule has 0 radical (unpaired) electrons. The summed E-state index contributed by atoms with van der Waals surface area (Å²) >= 11 is 0. The van der Waals surface area contributed by atoms with Crippen LogP contribution in [0.5, 0.6) is 5.75 Å². The second-order valence-electron chi connectivity index (χ2n) is 5.84. The molecule has 0 aliphatic rings. The van der Waals surface area contributed by atoms with Gasteiger partial charge in [-0.25, -0.2) is 22.2 Å². The Balaban J connectivity index is 1.74. The Labute approximate surface area is 161 Å². The lowest BCUT2D eigenvalue weighted by molar-refractivity contribution is 0.415. The Morgan fingerprint density at radius 1 is 1.07 bits per heavy atom. The number of nitrogens with one attached hydrogen (secondary N) is 1. The molecule has 3 aromatic rings. The third-order valence-corrected chi connectivity index (χ3v) is 5.49. The lowest BCUT2D eigenvalue weighted by Gasteiger charge is -2.10. The molecule has 7 nitrogen and oxygen atoms in total. The first-order valence-corrected chi connectivity index (χ1v) is 9.86. The summed E-state index contributed by atoms with van der Waals surface area (Å²) in [5.41, 5.74) is 0.961. The van der Waals surface area contributed by atoms with Crippen molar-refractivity contribution in [2.45, 2.75) is 11.4 Å². The van der Waals surface area contributed by atoms with Crippen molar-refractivity contribution in [3.8, 4) is 17.0 Å². The summed E-state index contributed by atoms with van der Waals surface area (Å²) < 4.78 is 46.7. The number of halogens is 1. The summed E-state index contributed by atoms with van der Waals surface area (Å²) in [5, 5.41) is 4.26. The van der Waals surface area contributed by atoms with E-state index in [-0.39, 0.29) is 18.6 Å². The van der Waals surface area contributed by atoms with Crippen LogP contribution in [-0.2, 0) is 16.6 Å². The normalized spacial score (nSPS) is 11.4. The van der Waals surface area contributed by atoms with Gasteiger partial charge < -0.3 is 4.74 Å². The smallest absolute Gasteiger partial charge is 0.266 e. The van der Waals surface area contributed by atoms with E-state index >= 15 is 0 Å². The Morgan fingerprint density at radius 3 is 2.46 bits per heavy atom. The minimum atomic E-state index is -4.03. The maximum absolute atomic E-state index is 13.7. The number of benzene rings is 2. The average Bonchev–Trinajstić information content (AvgIpc) is 2.69. The van der Waals surface area contributed by atoms with Gasteiger partial charge in [-0.05, 0) is 42.5 Å². The molecular weight excluding hydrogens is 385 g/mol. The molecule has 0 saturated heterocycles. The maximum atomic E-state index is 13.7. The molecule has 1 N–H and O–H groups in total. The van der Waals surface area contributed by atoms with Crippen LogP contribution in [0.3, 0.4) is 0 Å². The van der Waals surface area contributed by atoms with Crippen LogP contribution in [0.1, 0.15) is 0 Å². The summed E-state index contributed by atoms with van der Waals surface area (Å²) in [7, 11) is -2.46. The van der Waals surface area contributed by atoms with Gasteiger partial charge in [-0.15, -0.1) is 0 Å². The molecule has 0 fully saturated rings. The van der Waals surface area contributed by atoms with E-state index in [4.69, 9.17) is 4.74 Å². The topological polar surface area (TPSA) is 90.3 Å². The van der Waals surface area contributed by atoms with Gasteiger partial charge in [0.1, 0.15) is 16.5 Å². The molecule has 28 heavy (non-hydrogen) atoms. The van der Waals surface area contributed by atoms with E-state index in [1.165, 1.54) is 24.3 Å². The van der Waals surface area contributed by atoms with Gasteiger partial charge in [0, 0.05) is 18.2 Å². The second kappa shape index (κ2) is 8.32. The molecule has 146 valence electrons. The van der Waals surface area contributed by atoms with Crippen molar-refractivity contribution in [3.63, 3.8) is 0 Å². The Kier molecular flexibility index (Phi) is 5.86. The quantitative estimate of drug-likeness (QED) is 0.652. The van der Waals surface area contributed by atoms with E-state index in [1.807, 2.05) is 0 Å². The highest BCUT2D eigenvalue weighted by Crippen LogP contribution is 2.19. The number of rotatable bonds is 7. The van der Waals surface area contributed by atoms with Gasteiger partial charge in [0.25, 0.3) is 5.56 Å². The Hall–Kier alpha value is -3.04. The molecule has 0 unspecified atom stereocenters. The van der Waals surface area contributed by atoms with Crippen LogP contribution in [0.2, 0.25) is 0 Å².